The van der Waals surface area contributed by atoms with E-state index in [1.165, 1.54) is 12.0 Å². The van der Waals surface area contributed by atoms with Gasteiger partial charge in [-0.2, -0.15) is 8.42 Å². The Kier molecular flexibility index (Phi) is 6.56. The van der Waals surface area contributed by atoms with Crippen LogP contribution in [0.3, 0.4) is 0 Å². The molecule has 1 saturated heterocycles. The lowest BCUT2D eigenvalue weighted by Crippen LogP contribution is -2.30. The van der Waals surface area contributed by atoms with Gasteiger partial charge in [0, 0.05) is 16.8 Å². The van der Waals surface area contributed by atoms with Gasteiger partial charge in [0.2, 0.25) is 0 Å². The number of hydrogen-bond donors (Lipinski definition) is 2. The molecule has 1 atom stereocenters. The van der Waals surface area contributed by atoms with Crippen molar-refractivity contribution in [2.24, 2.45) is 0 Å². The van der Waals surface area contributed by atoms with Crippen LogP contribution in [0.4, 0.5) is 10.5 Å². The number of amidine groups is 1. The molecule has 0 bridgehead atoms. The monoisotopic (exact) mass is 447 g/mol. The molecule has 11 heteroatoms. The van der Waals surface area contributed by atoms with Crippen molar-refractivity contribution < 1.29 is 31.7 Å². The van der Waals surface area contributed by atoms with Crippen LogP contribution in [0.25, 0.3) is 0 Å². The van der Waals surface area contributed by atoms with Gasteiger partial charge in [-0.25, -0.2) is 4.79 Å². The average Bonchev–Trinajstić information content (AvgIpc) is 3.12. The van der Waals surface area contributed by atoms with Crippen LogP contribution < -0.4 is 15.0 Å². The number of nitrogens with one attached hydrogen (secondary N) is 2. The van der Waals surface area contributed by atoms with Gasteiger partial charge < -0.3 is 14.8 Å². The third kappa shape index (κ3) is 5.80. The van der Waals surface area contributed by atoms with Gasteiger partial charge in [0.25, 0.3) is 16.0 Å². The number of rotatable bonds is 7. The van der Waals surface area contributed by atoms with Crippen LogP contribution >= 0.6 is 0 Å². The SMILES string of the molecule is COc1cccc(C(=O)NC(=N)c2ccc(N3CC(COS(C)(=O)=O)OC3=O)cc2)c1. The van der Waals surface area contributed by atoms with E-state index in [-0.39, 0.29) is 19.0 Å². The number of carbonyl (C=O) groups is 2. The number of anilines is 1. The van der Waals surface area contributed by atoms with E-state index in [0.717, 1.165) is 6.26 Å². The summed E-state index contributed by atoms with van der Waals surface area (Å²) in [5.74, 6) is -0.0334. The second-order valence-corrected chi connectivity index (χ2v) is 8.36. The summed E-state index contributed by atoms with van der Waals surface area (Å²) in [7, 11) is -2.14. The Hall–Kier alpha value is -3.44. The van der Waals surface area contributed by atoms with E-state index in [1.807, 2.05) is 0 Å². The minimum absolute atomic E-state index is 0.109. The molecule has 0 aliphatic carbocycles. The van der Waals surface area contributed by atoms with Crippen LogP contribution in [0.1, 0.15) is 15.9 Å². The molecule has 1 aliphatic rings. The predicted molar refractivity (Wildman–Crippen MR) is 112 cm³/mol. The van der Waals surface area contributed by atoms with E-state index >= 15 is 0 Å². The molecule has 10 nitrogen and oxygen atoms in total. The molecule has 1 unspecified atom stereocenters. The van der Waals surface area contributed by atoms with E-state index in [1.54, 1.807) is 48.5 Å². The molecule has 3 rings (SSSR count). The van der Waals surface area contributed by atoms with Crippen molar-refractivity contribution in [3.05, 3.63) is 59.7 Å². The highest BCUT2D eigenvalue weighted by Crippen LogP contribution is 2.22. The fraction of sp³-hybridized carbons (Fsp3) is 0.250. The van der Waals surface area contributed by atoms with E-state index in [2.05, 4.69) is 9.50 Å². The highest BCUT2D eigenvalue weighted by molar-refractivity contribution is 7.85. The van der Waals surface area contributed by atoms with Crippen molar-refractivity contribution in [2.45, 2.75) is 6.10 Å². The lowest BCUT2D eigenvalue weighted by atomic mass is 10.1. The topological polar surface area (TPSA) is 135 Å². The van der Waals surface area contributed by atoms with Crippen molar-refractivity contribution in [1.29, 1.82) is 5.41 Å². The first-order chi connectivity index (χ1) is 14.7. The molecule has 0 spiro atoms. The Labute approximate surface area is 179 Å². The van der Waals surface area contributed by atoms with Gasteiger partial charge in [0.15, 0.2) is 0 Å². The second-order valence-electron chi connectivity index (χ2n) is 6.71. The quantitative estimate of drug-likeness (QED) is 0.375. The highest BCUT2D eigenvalue weighted by Gasteiger charge is 2.33. The van der Waals surface area contributed by atoms with Crippen LogP contribution in [-0.4, -0.2) is 58.9 Å². The Morgan fingerprint density at radius 1 is 1.23 bits per heavy atom. The van der Waals surface area contributed by atoms with E-state index < -0.39 is 28.2 Å². The molecule has 0 radical (unpaired) electrons. The number of methoxy groups -OCH3 is 1. The normalized spacial score (nSPS) is 16.0. The van der Waals surface area contributed by atoms with Crippen LogP contribution in [0, 0.1) is 5.41 Å². The number of amides is 2. The zero-order chi connectivity index (χ0) is 22.6. The molecule has 1 fully saturated rings. The molecule has 2 aromatic carbocycles. The largest absolute Gasteiger partial charge is 0.497 e. The van der Waals surface area contributed by atoms with Gasteiger partial charge in [-0.1, -0.05) is 6.07 Å². The van der Waals surface area contributed by atoms with Gasteiger partial charge in [0.1, 0.15) is 24.3 Å². The standard InChI is InChI=1S/C20H21N3O7S/c1-28-16-5-3-4-14(10-16)19(24)22-18(21)13-6-8-15(9-7-13)23-11-17(30-20(23)25)12-29-31(2,26)27/h3-10,17H,11-12H2,1-2H3,(H2,21,22,24). The van der Waals surface area contributed by atoms with E-state index in [4.69, 9.17) is 14.9 Å². The maximum atomic E-state index is 12.4. The number of carbonyl (C=O) groups excluding carboxylic acids is 2. The minimum atomic E-state index is -3.64. The zero-order valence-corrected chi connectivity index (χ0v) is 17.6. The lowest BCUT2D eigenvalue weighted by molar-refractivity contribution is 0.0976. The summed E-state index contributed by atoms with van der Waals surface area (Å²) in [6.45, 7) is -0.141. The molecule has 31 heavy (non-hydrogen) atoms. The molecule has 164 valence electrons. The van der Waals surface area contributed by atoms with E-state index in [0.29, 0.717) is 22.6 Å². The molecule has 2 aromatic rings. The van der Waals surface area contributed by atoms with Crippen molar-refractivity contribution >= 4 is 33.6 Å². The Balaban J connectivity index is 1.62. The number of ether oxygens (including phenoxy) is 2. The predicted octanol–water partition coefficient (Wildman–Crippen LogP) is 1.75. The smallest absolute Gasteiger partial charge is 0.414 e. The molecule has 0 aromatic heterocycles. The van der Waals surface area contributed by atoms with Gasteiger partial charge in [-0.3, -0.25) is 19.3 Å². The van der Waals surface area contributed by atoms with Crippen LogP contribution in [0.5, 0.6) is 5.75 Å². The summed E-state index contributed by atoms with van der Waals surface area (Å²) >= 11 is 0. The van der Waals surface area contributed by atoms with Gasteiger partial charge in [-0.15, -0.1) is 0 Å². The molecule has 0 saturated carbocycles. The second kappa shape index (κ2) is 9.14. The van der Waals surface area contributed by atoms with Crippen LogP contribution in [-0.2, 0) is 19.0 Å². The maximum absolute atomic E-state index is 12.4. The van der Waals surface area contributed by atoms with Gasteiger partial charge in [0.05, 0.1) is 19.9 Å². The maximum Gasteiger partial charge on any atom is 0.414 e. The number of benzene rings is 2. The van der Waals surface area contributed by atoms with Crippen LogP contribution in [0.2, 0.25) is 0 Å². The summed E-state index contributed by atoms with van der Waals surface area (Å²) in [5.41, 5.74) is 1.29. The Morgan fingerprint density at radius 2 is 1.94 bits per heavy atom. The molecular formula is C20H21N3O7S. The first kappa shape index (κ1) is 22.2. The van der Waals surface area contributed by atoms with Crippen molar-refractivity contribution in [1.82, 2.24) is 5.32 Å². The highest BCUT2D eigenvalue weighted by atomic mass is 32.2. The number of hydrogen-bond acceptors (Lipinski definition) is 8. The zero-order valence-electron chi connectivity index (χ0n) is 16.8. The third-order valence-electron chi connectivity index (χ3n) is 4.38. The molecule has 2 amide bonds. The van der Waals surface area contributed by atoms with Crippen molar-refractivity contribution in [2.75, 3.05) is 31.4 Å². The fourth-order valence-electron chi connectivity index (χ4n) is 2.85. The number of nitrogens with zero attached hydrogens (tertiary/aromatic N) is 1. The molecule has 1 heterocycles. The first-order valence-electron chi connectivity index (χ1n) is 9.13. The summed E-state index contributed by atoms with van der Waals surface area (Å²) in [5, 5.41) is 10.6. The summed E-state index contributed by atoms with van der Waals surface area (Å²) in [6.07, 6.45) is -0.430. The van der Waals surface area contributed by atoms with Crippen molar-refractivity contribution in [3.63, 3.8) is 0 Å². The van der Waals surface area contributed by atoms with Gasteiger partial charge in [-0.05, 0) is 42.5 Å². The molecular weight excluding hydrogens is 426 g/mol. The Morgan fingerprint density at radius 3 is 2.58 bits per heavy atom. The van der Waals surface area contributed by atoms with Gasteiger partial charge >= 0.3 is 6.09 Å². The first-order valence-corrected chi connectivity index (χ1v) is 10.9. The summed E-state index contributed by atoms with van der Waals surface area (Å²) in [4.78, 5) is 25.8. The minimum Gasteiger partial charge on any atom is -0.497 e. The van der Waals surface area contributed by atoms with Crippen molar-refractivity contribution in [3.8, 4) is 5.75 Å². The lowest BCUT2D eigenvalue weighted by Gasteiger charge is -2.14. The third-order valence-corrected chi connectivity index (χ3v) is 4.94. The summed E-state index contributed by atoms with van der Waals surface area (Å²) in [6, 6.07) is 12.9. The number of cyclic esters (lactones) is 1. The van der Waals surface area contributed by atoms with Crippen LogP contribution in [0.15, 0.2) is 48.5 Å². The molecule has 2 N–H and O–H groups in total. The average molecular weight is 447 g/mol. The molecule has 1 aliphatic heterocycles. The summed E-state index contributed by atoms with van der Waals surface area (Å²) < 4.78 is 37.1. The van der Waals surface area contributed by atoms with E-state index in [9.17, 15) is 18.0 Å². The fourth-order valence-corrected chi connectivity index (χ4v) is 3.25. The Bertz CT molecular complexity index is 1100.